The van der Waals surface area contributed by atoms with Gasteiger partial charge in [0.1, 0.15) is 5.03 Å². The molecule has 0 saturated heterocycles. The Morgan fingerprint density at radius 1 is 1.13 bits per heavy atom. The highest BCUT2D eigenvalue weighted by atomic mass is 32.2. The molecule has 0 amide bonds. The lowest BCUT2D eigenvalue weighted by Crippen LogP contribution is -2.13. The summed E-state index contributed by atoms with van der Waals surface area (Å²) in [5.41, 5.74) is 4.18. The number of rotatable bonds is 0. The number of hydrogen-bond acceptors (Lipinski definition) is 6. The number of hydrogen-bond donors (Lipinski definition) is 2. The molecule has 0 aliphatic carbocycles. The molecule has 15 heavy (non-hydrogen) atoms. The van der Waals surface area contributed by atoms with Crippen molar-refractivity contribution in [1.82, 2.24) is 14.8 Å². The first-order chi connectivity index (χ1) is 7.34. The molecule has 2 N–H and O–H groups in total. The van der Waals surface area contributed by atoms with Gasteiger partial charge in [-0.25, -0.2) is 9.97 Å². The van der Waals surface area contributed by atoms with E-state index in [-0.39, 0.29) is 5.56 Å². The summed E-state index contributed by atoms with van der Waals surface area (Å²) in [4.78, 5) is 22.8. The van der Waals surface area contributed by atoms with E-state index in [2.05, 4.69) is 20.2 Å². The van der Waals surface area contributed by atoms with Gasteiger partial charge in [0.05, 0.1) is 11.0 Å². The second-order valence-electron chi connectivity index (χ2n) is 3.03. The molecule has 1 aliphatic rings. The van der Waals surface area contributed by atoms with Gasteiger partial charge in [-0.1, -0.05) is 12.1 Å². The van der Waals surface area contributed by atoms with Crippen LogP contribution in [-0.2, 0) is 0 Å². The van der Waals surface area contributed by atoms with Crippen LogP contribution in [0.15, 0.2) is 34.1 Å². The maximum atomic E-state index is 11.7. The lowest BCUT2D eigenvalue weighted by molar-refractivity contribution is 1.18. The Kier molecular flexibility index (Phi) is 1.83. The molecular formula is C9H6N4OS. The zero-order valence-electron chi connectivity index (χ0n) is 7.52. The van der Waals surface area contributed by atoms with E-state index in [4.69, 9.17) is 0 Å². The Morgan fingerprint density at radius 2 is 1.87 bits per heavy atom. The Labute approximate surface area is 89.0 Å². The summed E-state index contributed by atoms with van der Waals surface area (Å²) in [5, 5.41) is 0.633. The van der Waals surface area contributed by atoms with Gasteiger partial charge in [-0.05, 0) is 24.1 Å². The van der Waals surface area contributed by atoms with Gasteiger partial charge in [0.15, 0.2) is 5.69 Å². The molecule has 0 saturated carbocycles. The zero-order chi connectivity index (χ0) is 10.3. The van der Waals surface area contributed by atoms with Crippen molar-refractivity contribution >= 4 is 28.7 Å². The third kappa shape index (κ3) is 1.34. The molecule has 1 aromatic carbocycles. The fraction of sp³-hybridized carbons (Fsp3) is 0. The van der Waals surface area contributed by atoms with Crippen molar-refractivity contribution in [1.29, 1.82) is 0 Å². The van der Waals surface area contributed by atoms with Crippen LogP contribution < -0.4 is 15.8 Å². The van der Waals surface area contributed by atoms with Crippen molar-refractivity contribution in [3.05, 3.63) is 34.6 Å². The maximum absolute atomic E-state index is 11.7. The quantitative estimate of drug-likeness (QED) is 0.641. The molecule has 0 fully saturated rings. The molecule has 0 unspecified atom stereocenters. The van der Waals surface area contributed by atoms with Crippen LogP contribution >= 0.6 is 11.9 Å². The molecule has 0 radical (unpaired) electrons. The Hall–Kier alpha value is -1.66. The van der Waals surface area contributed by atoms with Gasteiger partial charge < -0.3 is 5.43 Å². The second kappa shape index (κ2) is 3.18. The van der Waals surface area contributed by atoms with Gasteiger partial charge in [0, 0.05) is 0 Å². The molecule has 2 heterocycles. The third-order valence-electron chi connectivity index (χ3n) is 2.08. The van der Waals surface area contributed by atoms with E-state index in [1.54, 1.807) is 6.07 Å². The number of aromatic nitrogens is 2. The number of nitrogens with zero attached hydrogens (tertiary/aromatic N) is 2. The predicted molar refractivity (Wildman–Crippen MR) is 58.4 cm³/mol. The monoisotopic (exact) mass is 218 g/mol. The normalized spacial score (nSPS) is 13.6. The summed E-state index contributed by atoms with van der Waals surface area (Å²) in [6.45, 7) is 0. The number of hydrazine groups is 1. The first-order valence-corrected chi connectivity index (χ1v) is 5.15. The van der Waals surface area contributed by atoms with Crippen LogP contribution in [0.2, 0.25) is 0 Å². The third-order valence-corrected chi connectivity index (χ3v) is 2.77. The number of anilines is 1. The highest BCUT2D eigenvalue weighted by molar-refractivity contribution is 7.97. The molecular weight excluding hydrogens is 212 g/mol. The summed E-state index contributed by atoms with van der Waals surface area (Å²) in [5.74, 6) is 0. The smallest absolute Gasteiger partial charge is 0.297 e. The average molecular weight is 218 g/mol. The molecule has 1 aliphatic heterocycles. The van der Waals surface area contributed by atoms with Gasteiger partial charge in [-0.2, -0.15) is 4.83 Å². The fourth-order valence-corrected chi connectivity index (χ4v) is 2.02. The first kappa shape index (κ1) is 8.63. The summed E-state index contributed by atoms with van der Waals surface area (Å²) in [6.07, 6.45) is 0. The zero-order valence-corrected chi connectivity index (χ0v) is 8.34. The van der Waals surface area contributed by atoms with Crippen LogP contribution in [0.1, 0.15) is 0 Å². The van der Waals surface area contributed by atoms with Crippen molar-refractivity contribution in [3.8, 4) is 0 Å². The van der Waals surface area contributed by atoms with E-state index < -0.39 is 0 Å². The SMILES string of the molecule is O=c1nc2ccccc2nc2c1NNS2. The standard InChI is InChI=1S/C9H6N4OS/c14-8-7-9(15-13-12-7)11-6-4-2-1-3-5(6)10-8/h1-4,12-13H. The van der Waals surface area contributed by atoms with Crippen molar-refractivity contribution in [2.45, 2.75) is 5.03 Å². The number of nitrogens with one attached hydrogen (secondary N) is 2. The minimum atomic E-state index is -0.295. The van der Waals surface area contributed by atoms with Gasteiger partial charge in [-0.15, -0.1) is 0 Å². The summed E-state index contributed by atoms with van der Waals surface area (Å²) in [6, 6.07) is 7.31. The van der Waals surface area contributed by atoms with E-state index in [1.807, 2.05) is 18.2 Å². The lowest BCUT2D eigenvalue weighted by atomic mass is 10.3. The van der Waals surface area contributed by atoms with E-state index in [1.165, 1.54) is 11.9 Å². The Balaban J connectivity index is 2.49. The van der Waals surface area contributed by atoms with Crippen molar-refractivity contribution in [2.75, 3.05) is 5.43 Å². The van der Waals surface area contributed by atoms with E-state index in [0.717, 1.165) is 0 Å². The summed E-state index contributed by atoms with van der Waals surface area (Å²) >= 11 is 1.28. The Bertz CT molecular complexity index is 601. The molecule has 6 heteroatoms. The summed E-state index contributed by atoms with van der Waals surface area (Å²) < 4.78 is 0. The van der Waals surface area contributed by atoms with Crippen LogP contribution in [0.25, 0.3) is 11.0 Å². The van der Waals surface area contributed by atoms with Gasteiger partial charge >= 0.3 is 0 Å². The predicted octanol–water partition coefficient (Wildman–Crippen LogP) is 0.927. The van der Waals surface area contributed by atoms with Crippen molar-refractivity contribution < 1.29 is 0 Å². The van der Waals surface area contributed by atoms with Crippen LogP contribution in [-0.4, -0.2) is 9.97 Å². The largest absolute Gasteiger partial charge is 0.304 e. The number of para-hydroxylation sites is 2. The van der Waals surface area contributed by atoms with Gasteiger partial charge in [-0.3, -0.25) is 4.79 Å². The molecule has 1 aromatic heterocycles. The minimum Gasteiger partial charge on any atom is -0.304 e. The average Bonchev–Trinajstić information content (AvgIpc) is 2.64. The molecule has 74 valence electrons. The van der Waals surface area contributed by atoms with Crippen molar-refractivity contribution in [3.63, 3.8) is 0 Å². The van der Waals surface area contributed by atoms with Crippen LogP contribution in [0.5, 0.6) is 0 Å². The topological polar surface area (TPSA) is 66.9 Å². The van der Waals surface area contributed by atoms with Crippen LogP contribution in [0.4, 0.5) is 5.69 Å². The molecule has 0 bridgehead atoms. The maximum Gasteiger partial charge on any atom is 0.297 e. The van der Waals surface area contributed by atoms with E-state index in [0.29, 0.717) is 21.7 Å². The Morgan fingerprint density at radius 3 is 2.67 bits per heavy atom. The lowest BCUT2D eigenvalue weighted by Gasteiger charge is -1.89. The molecule has 0 spiro atoms. The van der Waals surface area contributed by atoms with E-state index >= 15 is 0 Å². The highest BCUT2D eigenvalue weighted by Gasteiger charge is 2.15. The molecule has 3 rings (SSSR count). The van der Waals surface area contributed by atoms with Crippen LogP contribution in [0, 0.1) is 0 Å². The fourth-order valence-electron chi connectivity index (χ4n) is 1.38. The first-order valence-electron chi connectivity index (χ1n) is 4.33. The van der Waals surface area contributed by atoms with Gasteiger partial charge in [0.25, 0.3) is 5.56 Å². The minimum absolute atomic E-state index is 0.295. The molecule has 5 nitrogen and oxygen atoms in total. The summed E-state index contributed by atoms with van der Waals surface area (Å²) in [7, 11) is 0. The molecule has 0 atom stereocenters. The highest BCUT2D eigenvalue weighted by Crippen LogP contribution is 2.24. The second-order valence-corrected chi connectivity index (χ2v) is 3.82. The van der Waals surface area contributed by atoms with Crippen LogP contribution in [0.3, 0.4) is 0 Å². The van der Waals surface area contributed by atoms with Crippen molar-refractivity contribution in [2.24, 2.45) is 0 Å². The van der Waals surface area contributed by atoms with Gasteiger partial charge in [0.2, 0.25) is 0 Å². The molecule has 2 aromatic rings. The van der Waals surface area contributed by atoms with E-state index in [9.17, 15) is 4.79 Å². The number of benzene rings is 1. The number of fused-ring (bicyclic) bond motifs is 2.